The summed E-state index contributed by atoms with van der Waals surface area (Å²) in [6.07, 6.45) is 4.82. The van der Waals surface area contributed by atoms with Gasteiger partial charge in [-0.3, -0.25) is 9.59 Å². The summed E-state index contributed by atoms with van der Waals surface area (Å²) in [6.45, 7) is 1.26. The Morgan fingerprint density at radius 2 is 1.72 bits per heavy atom. The molecule has 2 saturated carbocycles. The van der Waals surface area contributed by atoms with Gasteiger partial charge in [0, 0.05) is 43.2 Å². The molecule has 2 fully saturated rings. The number of hydrogen-bond donors (Lipinski definition) is 2. The van der Waals surface area contributed by atoms with Gasteiger partial charge in [-0.05, 0) is 55.4 Å². The number of hydrogen-bond acceptors (Lipinski definition) is 3. The van der Waals surface area contributed by atoms with E-state index in [2.05, 4.69) is 10.6 Å². The van der Waals surface area contributed by atoms with Crippen molar-refractivity contribution in [1.29, 1.82) is 0 Å². The quantitative estimate of drug-likeness (QED) is 0.452. The number of Topliss-reactive ketones (excluding diaryl/α,β-unsaturated/α-hetero) is 1. The Kier molecular flexibility index (Phi) is 7.01. The average molecular weight is 443 g/mol. The van der Waals surface area contributed by atoms with Crippen molar-refractivity contribution in [3.63, 3.8) is 0 Å². The molecular weight excluding hydrogens is 410 g/mol. The lowest BCUT2D eigenvalue weighted by molar-refractivity contribution is -0.131. The fraction of sp³-hybridized carbons (Fsp3) is 0.462. The normalized spacial score (nSPS) is 16.6. The Balaban J connectivity index is 0.00000289. The first-order chi connectivity index (χ1) is 14.7. The number of anilines is 2. The third kappa shape index (κ3) is 5.93. The van der Waals surface area contributed by atoms with Gasteiger partial charge < -0.3 is 10.6 Å². The molecule has 1 amide bonds. The van der Waals surface area contributed by atoms with Crippen molar-refractivity contribution in [3.8, 4) is 0 Å². The van der Waals surface area contributed by atoms with Gasteiger partial charge in [-0.15, -0.1) is 0 Å². The number of para-hydroxylation sites is 1. The van der Waals surface area contributed by atoms with Crippen molar-refractivity contribution in [2.45, 2.75) is 65.3 Å². The van der Waals surface area contributed by atoms with Crippen LogP contribution in [0.25, 0.3) is 0 Å². The second-order valence-corrected chi connectivity index (χ2v) is 9.08. The van der Waals surface area contributed by atoms with Crippen LogP contribution in [0.2, 0.25) is 0 Å². The minimum Gasteiger partial charge on any atom is -0.355 e. The lowest BCUT2D eigenvalue weighted by atomic mass is 9.95. The highest BCUT2D eigenvalue weighted by atomic mass is 19.3. The topological polar surface area (TPSA) is 58.2 Å². The summed E-state index contributed by atoms with van der Waals surface area (Å²) in [7, 11) is 0. The van der Waals surface area contributed by atoms with Crippen LogP contribution in [-0.2, 0) is 22.1 Å². The molecule has 6 heteroatoms. The van der Waals surface area contributed by atoms with Gasteiger partial charge in [-0.1, -0.05) is 37.8 Å². The van der Waals surface area contributed by atoms with Gasteiger partial charge in [0.1, 0.15) is 5.78 Å². The summed E-state index contributed by atoms with van der Waals surface area (Å²) in [4.78, 5) is 24.8. The van der Waals surface area contributed by atoms with Crippen LogP contribution in [0.3, 0.4) is 0 Å². The molecule has 4 nitrogen and oxygen atoms in total. The van der Waals surface area contributed by atoms with Gasteiger partial charge in [-0.2, -0.15) is 0 Å². The summed E-state index contributed by atoms with van der Waals surface area (Å²) in [5.74, 6) is -2.22. The van der Waals surface area contributed by atoms with E-state index >= 15 is 0 Å². The molecule has 4 rings (SSSR count). The van der Waals surface area contributed by atoms with Crippen LogP contribution in [0.1, 0.15) is 64.0 Å². The average Bonchev–Trinajstić information content (AvgIpc) is 3.65. The maximum Gasteiger partial charge on any atom is 0.272 e. The van der Waals surface area contributed by atoms with E-state index in [4.69, 9.17) is 0 Å². The molecule has 0 radical (unpaired) electrons. The third-order valence-corrected chi connectivity index (χ3v) is 6.17. The van der Waals surface area contributed by atoms with E-state index in [1.54, 1.807) is 30.3 Å². The molecule has 2 aliphatic carbocycles. The van der Waals surface area contributed by atoms with Crippen molar-refractivity contribution in [3.05, 3.63) is 59.7 Å². The summed E-state index contributed by atoms with van der Waals surface area (Å²) >= 11 is 0. The second kappa shape index (κ2) is 9.39. The Labute approximate surface area is 188 Å². The number of halogens is 2. The van der Waals surface area contributed by atoms with Crippen LogP contribution >= 0.6 is 0 Å². The summed E-state index contributed by atoms with van der Waals surface area (Å²) in [5, 5.41) is 6.01. The van der Waals surface area contributed by atoms with E-state index in [1.165, 1.54) is 6.07 Å². The molecule has 0 spiro atoms. The van der Waals surface area contributed by atoms with Crippen LogP contribution in [-0.4, -0.2) is 11.7 Å². The van der Waals surface area contributed by atoms with Crippen LogP contribution in [0.5, 0.6) is 0 Å². The van der Waals surface area contributed by atoms with Crippen LogP contribution in [0.15, 0.2) is 48.5 Å². The molecule has 0 aliphatic heterocycles. The zero-order valence-corrected chi connectivity index (χ0v) is 17.7. The van der Waals surface area contributed by atoms with E-state index in [-0.39, 0.29) is 24.7 Å². The van der Waals surface area contributed by atoms with E-state index in [0.717, 1.165) is 38.2 Å². The molecule has 2 N–H and O–H groups in total. The smallest absolute Gasteiger partial charge is 0.272 e. The van der Waals surface area contributed by atoms with Crippen molar-refractivity contribution in [2.24, 2.45) is 11.3 Å². The van der Waals surface area contributed by atoms with E-state index in [0.29, 0.717) is 36.7 Å². The van der Waals surface area contributed by atoms with Crippen LogP contribution in [0.4, 0.5) is 20.2 Å². The monoisotopic (exact) mass is 442 g/mol. The van der Waals surface area contributed by atoms with Crippen molar-refractivity contribution < 1.29 is 18.4 Å². The number of nitrogens with one attached hydrogen (secondary N) is 2. The summed E-state index contributed by atoms with van der Waals surface area (Å²) < 4.78 is 27.6. The van der Waals surface area contributed by atoms with Crippen molar-refractivity contribution in [2.75, 3.05) is 5.32 Å². The van der Waals surface area contributed by atoms with Crippen molar-refractivity contribution in [1.82, 2.24) is 5.32 Å². The highest BCUT2D eigenvalue weighted by Gasteiger charge is 2.51. The zero-order chi connectivity index (χ0) is 22.1. The number of amides is 1. The summed E-state index contributed by atoms with van der Waals surface area (Å²) in [5.41, 5.74) is 1.41. The van der Waals surface area contributed by atoms with Gasteiger partial charge in [0.05, 0.1) is 5.41 Å². The molecule has 2 aromatic carbocycles. The van der Waals surface area contributed by atoms with Gasteiger partial charge in [0.25, 0.3) is 5.92 Å². The largest absolute Gasteiger partial charge is 0.355 e. The predicted octanol–water partition coefficient (Wildman–Crippen LogP) is 6.33. The fourth-order valence-electron chi connectivity index (χ4n) is 3.93. The first kappa shape index (κ1) is 23.9. The number of benzene rings is 2. The molecular formula is C26H32F2N2O2. The van der Waals surface area contributed by atoms with E-state index in [1.807, 2.05) is 12.1 Å². The maximum atomic E-state index is 13.8. The van der Waals surface area contributed by atoms with Gasteiger partial charge in [0.2, 0.25) is 5.91 Å². The SMILES string of the molecule is C.CC(F)(F)c1ccccc1Nc1ccc(CNC(=O)C2(CC(=O)CC3CC3)CC2)cc1. The van der Waals surface area contributed by atoms with Gasteiger partial charge in [-0.25, -0.2) is 8.78 Å². The first-order valence-electron chi connectivity index (χ1n) is 10.9. The highest BCUT2D eigenvalue weighted by Crippen LogP contribution is 2.50. The minimum absolute atomic E-state index is 0. The Morgan fingerprint density at radius 1 is 1.06 bits per heavy atom. The third-order valence-electron chi connectivity index (χ3n) is 6.17. The predicted molar refractivity (Wildman–Crippen MR) is 123 cm³/mol. The molecule has 2 aliphatic rings. The molecule has 0 heterocycles. The highest BCUT2D eigenvalue weighted by molar-refractivity contribution is 5.92. The molecule has 0 unspecified atom stereocenters. The molecule has 172 valence electrons. The Hall–Kier alpha value is -2.76. The number of carbonyl (C=O) groups is 2. The van der Waals surface area contributed by atoms with Gasteiger partial charge >= 0.3 is 0 Å². The Bertz CT molecular complexity index is 959. The molecule has 0 aromatic heterocycles. The Morgan fingerprint density at radius 3 is 2.31 bits per heavy atom. The fourth-order valence-corrected chi connectivity index (χ4v) is 3.93. The molecule has 0 atom stereocenters. The molecule has 0 saturated heterocycles. The molecule has 32 heavy (non-hydrogen) atoms. The first-order valence-corrected chi connectivity index (χ1v) is 10.9. The standard InChI is InChI=1S/C25H28F2N2O2.CH4/c1-24(26,27)21-4-2-3-5-22(21)29-19-10-8-18(9-11-19)16-28-23(31)25(12-13-25)15-20(30)14-17-6-7-17;/h2-5,8-11,17,29H,6-7,12-16H2,1H3,(H,28,31);1H4. The maximum absolute atomic E-state index is 13.8. The van der Waals surface area contributed by atoms with Crippen LogP contribution < -0.4 is 10.6 Å². The lowest BCUT2D eigenvalue weighted by Crippen LogP contribution is -2.33. The molecule has 2 aromatic rings. The second-order valence-electron chi connectivity index (χ2n) is 9.08. The lowest BCUT2D eigenvalue weighted by Gasteiger charge is -2.17. The summed E-state index contributed by atoms with van der Waals surface area (Å²) in [6, 6.07) is 13.7. The number of ketones is 1. The molecule has 0 bridgehead atoms. The number of carbonyl (C=O) groups excluding carboxylic acids is 2. The van der Waals surface area contributed by atoms with E-state index < -0.39 is 11.3 Å². The van der Waals surface area contributed by atoms with Gasteiger partial charge in [0.15, 0.2) is 0 Å². The zero-order valence-electron chi connectivity index (χ0n) is 17.7. The van der Waals surface area contributed by atoms with Crippen molar-refractivity contribution >= 4 is 23.1 Å². The van der Waals surface area contributed by atoms with Crippen LogP contribution in [0, 0.1) is 11.3 Å². The number of alkyl halides is 2. The number of rotatable bonds is 10. The minimum atomic E-state index is -2.94. The van der Waals surface area contributed by atoms with E-state index in [9.17, 15) is 18.4 Å².